The number of hydrogen-bond acceptors (Lipinski definition) is 2. The lowest BCUT2D eigenvalue weighted by molar-refractivity contribution is 0.746. The molecule has 0 aliphatic carbocycles. The van der Waals surface area contributed by atoms with Crippen LogP contribution in [0.1, 0.15) is 23.6 Å². The first-order valence-corrected chi connectivity index (χ1v) is 32.0. The lowest BCUT2D eigenvalue weighted by Crippen LogP contribution is -2.74. The third kappa shape index (κ3) is 9.07. The van der Waals surface area contributed by atoms with E-state index in [1.165, 1.54) is 76.0 Å². The van der Waals surface area contributed by atoms with Crippen LogP contribution in [-0.2, 0) is 0 Å². The van der Waals surface area contributed by atoms with Crippen molar-refractivity contribution in [1.29, 1.82) is 0 Å². The lowest BCUT2D eigenvalue weighted by atomic mass is 9.95. The Morgan fingerprint density at radius 1 is 0.287 bits per heavy atom. The Morgan fingerprint density at radius 2 is 0.667 bits per heavy atom. The van der Waals surface area contributed by atoms with E-state index in [0.717, 1.165) is 55.4 Å². The molecule has 5 heteroatoms. The summed E-state index contributed by atoms with van der Waals surface area (Å²) in [4.78, 5) is 11.8. The highest BCUT2D eigenvalue weighted by Crippen LogP contribution is 2.39. The first kappa shape index (κ1) is 51.6. The van der Waals surface area contributed by atoms with Gasteiger partial charge in [-0.15, -0.1) is 0 Å². The van der Waals surface area contributed by atoms with Crippen molar-refractivity contribution in [1.82, 2.24) is 9.13 Å². The quantitative estimate of drug-likeness (QED) is 0.0914. The molecule has 16 rings (SSSR count). The molecule has 15 aromatic rings. The average Bonchev–Trinajstić information content (AvgIpc) is 1.56. The first-order valence-electron chi connectivity index (χ1n) is 30.0. The molecule has 410 valence electrons. The standard InChI is InChI=1S/C82H58N4Si/c1-5-25-57(26-6-1)61-33-21-37-66(51-61)87(67-38-22-34-62(52-67)58-27-7-2-8-28-58,68-39-23-35-63(53-68)59-29-9-3-10-30-59)69-40-24-36-65(54-69)75-56-76(73-44-16-20-48-80(73)85-77-45-17-13-41-70(77)71-42-14-18-46-78(71)85)84-82(83-75)86-79-47-19-15-43-72(79)74-55-64(49-50-81(74)86)60-31-11-4-12-32-60/h1-55,75H,56H2. The fourth-order valence-electron chi connectivity index (χ4n) is 13.8. The highest BCUT2D eigenvalue weighted by molar-refractivity contribution is 7.20. The minimum Gasteiger partial charge on any atom is -0.309 e. The van der Waals surface area contributed by atoms with Gasteiger partial charge >= 0.3 is 0 Å². The fourth-order valence-corrected chi connectivity index (χ4v) is 18.7. The number of para-hydroxylation sites is 4. The van der Waals surface area contributed by atoms with Gasteiger partial charge in [-0.25, -0.2) is 9.98 Å². The first-order chi connectivity index (χ1) is 43.1. The van der Waals surface area contributed by atoms with E-state index in [1.54, 1.807) is 0 Å². The molecule has 0 bridgehead atoms. The van der Waals surface area contributed by atoms with Crippen LogP contribution in [0.5, 0.6) is 0 Å². The molecule has 0 spiro atoms. The van der Waals surface area contributed by atoms with Crippen LogP contribution in [0.3, 0.4) is 0 Å². The van der Waals surface area contributed by atoms with Crippen LogP contribution in [0.4, 0.5) is 0 Å². The van der Waals surface area contributed by atoms with E-state index >= 15 is 0 Å². The second-order valence-electron chi connectivity index (χ2n) is 22.8. The monoisotopic (exact) mass is 1130 g/mol. The van der Waals surface area contributed by atoms with Crippen LogP contribution in [0, 0.1) is 0 Å². The Bertz CT molecular complexity index is 4880. The molecule has 1 unspecified atom stereocenters. The number of aromatic nitrogens is 2. The Hall–Kier alpha value is -11.0. The van der Waals surface area contributed by atoms with Gasteiger partial charge in [-0.1, -0.05) is 297 Å². The van der Waals surface area contributed by atoms with E-state index in [1.807, 2.05) is 0 Å². The zero-order chi connectivity index (χ0) is 57.7. The third-order valence-corrected chi connectivity index (χ3v) is 22.5. The second kappa shape index (κ2) is 21.9. The minimum atomic E-state index is -3.33. The molecule has 0 saturated heterocycles. The largest absolute Gasteiger partial charge is 0.309 e. The van der Waals surface area contributed by atoms with E-state index in [0.29, 0.717) is 12.4 Å². The molecule has 2 aromatic heterocycles. The Labute approximate surface area is 507 Å². The molecule has 1 aliphatic rings. The van der Waals surface area contributed by atoms with Crippen LogP contribution in [0.15, 0.2) is 344 Å². The molecular weight excluding hydrogens is 1070 g/mol. The molecule has 0 fully saturated rings. The van der Waals surface area contributed by atoms with Crippen molar-refractivity contribution in [2.75, 3.05) is 0 Å². The zero-order valence-corrected chi connectivity index (χ0v) is 48.8. The summed E-state index contributed by atoms with van der Waals surface area (Å²) >= 11 is 0. The van der Waals surface area contributed by atoms with Crippen molar-refractivity contribution in [2.24, 2.45) is 9.98 Å². The van der Waals surface area contributed by atoms with Crippen molar-refractivity contribution >= 4 is 84.1 Å². The summed E-state index contributed by atoms with van der Waals surface area (Å²) in [7, 11) is -3.33. The topological polar surface area (TPSA) is 34.6 Å². The molecular formula is C82H58N4Si. The summed E-state index contributed by atoms with van der Waals surface area (Å²) in [5.74, 6) is 0.660. The number of nitrogens with zero attached hydrogens (tertiary/aromatic N) is 4. The van der Waals surface area contributed by atoms with Crippen molar-refractivity contribution in [3.8, 4) is 50.2 Å². The van der Waals surface area contributed by atoms with Gasteiger partial charge in [0.05, 0.1) is 39.5 Å². The number of rotatable bonds is 11. The Balaban J connectivity index is 0.951. The van der Waals surface area contributed by atoms with Crippen LogP contribution in [-0.4, -0.2) is 28.9 Å². The SMILES string of the molecule is c1ccc(-c2cccc([Si](c3cccc(-c4ccccc4)c3)(c3cccc(-c4ccccc4)c3)c3cccc(C4CC(c5ccccc5-n5c6ccccc6c6ccccc65)=NC(n5c6ccccc6c6cc(-c7ccccc7)ccc65)=N4)c3)c2)cc1. The third-order valence-electron chi connectivity index (χ3n) is 17.8. The summed E-state index contributed by atoms with van der Waals surface area (Å²) in [5.41, 5.74) is 18.2. The molecule has 3 heterocycles. The summed E-state index contributed by atoms with van der Waals surface area (Å²) in [6, 6.07) is 123. The lowest BCUT2D eigenvalue weighted by Gasteiger charge is -2.36. The summed E-state index contributed by atoms with van der Waals surface area (Å²) < 4.78 is 4.75. The summed E-state index contributed by atoms with van der Waals surface area (Å²) in [5, 5.41) is 9.92. The van der Waals surface area contributed by atoms with Crippen LogP contribution >= 0.6 is 0 Å². The predicted octanol–water partition coefficient (Wildman–Crippen LogP) is 17.8. The zero-order valence-electron chi connectivity index (χ0n) is 47.8. The number of hydrogen-bond donors (Lipinski definition) is 0. The van der Waals surface area contributed by atoms with Crippen molar-refractivity contribution in [3.05, 3.63) is 345 Å². The molecule has 13 aromatic carbocycles. The van der Waals surface area contributed by atoms with Crippen LogP contribution in [0.25, 0.3) is 93.8 Å². The van der Waals surface area contributed by atoms with Gasteiger partial charge in [-0.05, 0) is 107 Å². The Kier molecular flexibility index (Phi) is 13.0. The average molecular weight is 1130 g/mol. The van der Waals surface area contributed by atoms with E-state index in [2.05, 4.69) is 343 Å². The smallest absolute Gasteiger partial charge is 0.230 e. The van der Waals surface area contributed by atoms with Crippen molar-refractivity contribution in [2.45, 2.75) is 12.5 Å². The second-order valence-corrected chi connectivity index (χ2v) is 26.6. The number of aliphatic imine (C=N–C) groups is 2. The maximum Gasteiger partial charge on any atom is 0.230 e. The van der Waals surface area contributed by atoms with Gasteiger partial charge in [-0.3, -0.25) is 4.57 Å². The van der Waals surface area contributed by atoms with E-state index < -0.39 is 8.07 Å². The Morgan fingerprint density at radius 3 is 1.17 bits per heavy atom. The number of benzene rings is 13. The maximum absolute atomic E-state index is 5.95. The van der Waals surface area contributed by atoms with E-state index in [-0.39, 0.29) is 6.04 Å². The normalized spacial score (nSPS) is 13.5. The van der Waals surface area contributed by atoms with Crippen molar-refractivity contribution < 1.29 is 0 Å². The summed E-state index contributed by atoms with van der Waals surface area (Å²) in [6.07, 6.45) is 0.571. The van der Waals surface area contributed by atoms with Crippen LogP contribution < -0.4 is 20.7 Å². The van der Waals surface area contributed by atoms with Gasteiger partial charge in [0.1, 0.15) is 0 Å². The highest BCUT2D eigenvalue weighted by atomic mass is 28.3. The van der Waals surface area contributed by atoms with E-state index in [4.69, 9.17) is 9.98 Å². The molecule has 0 saturated carbocycles. The van der Waals surface area contributed by atoms with Gasteiger partial charge in [0.2, 0.25) is 5.96 Å². The van der Waals surface area contributed by atoms with Gasteiger partial charge in [0, 0.05) is 33.5 Å². The van der Waals surface area contributed by atoms with Gasteiger partial charge in [0.15, 0.2) is 8.07 Å². The molecule has 1 atom stereocenters. The molecule has 87 heavy (non-hydrogen) atoms. The van der Waals surface area contributed by atoms with E-state index in [9.17, 15) is 0 Å². The van der Waals surface area contributed by atoms with Gasteiger partial charge in [0.25, 0.3) is 0 Å². The predicted molar refractivity (Wildman–Crippen MR) is 369 cm³/mol. The number of fused-ring (bicyclic) bond motifs is 6. The van der Waals surface area contributed by atoms with Crippen LogP contribution in [0.2, 0.25) is 0 Å². The maximum atomic E-state index is 5.95. The van der Waals surface area contributed by atoms with Gasteiger partial charge in [-0.2, -0.15) is 0 Å². The molecule has 0 radical (unpaired) electrons. The molecule has 0 N–H and O–H groups in total. The molecule has 4 nitrogen and oxygen atoms in total. The molecule has 1 aliphatic heterocycles. The van der Waals surface area contributed by atoms with Gasteiger partial charge < -0.3 is 4.57 Å². The molecule has 0 amide bonds. The summed E-state index contributed by atoms with van der Waals surface area (Å²) in [6.45, 7) is 0. The fraction of sp³-hybridized carbons (Fsp3) is 0.0244. The van der Waals surface area contributed by atoms with Crippen molar-refractivity contribution in [3.63, 3.8) is 0 Å². The minimum absolute atomic E-state index is 0.327. The highest BCUT2D eigenvalue weighted by Gasteiger charge is 2.43.